The standard InChI is InChI=1S/C8H7NO3/c10-4-7-6-2-1-5(11)3-8(6)12-9-7/h1-3,10-11H,4H2. The Balaban J connectivity index is 2.73. The smallest absolute Gasteiger partial charge is 0.170 e. The molecule has 0 aliphatic rings. The first kappa shape index (κ1) is 7.12. The van der Waals surface area contributed by atoms with E-state index in [0.717, 1.165) is 5.39 Å². The lowest BCUT2D eigenvalue weighted by Gasteiger charge is -1.89. The molecule has 2 rings (SSSR count). The van der Waals surface area contributed by atoms with Gasteiger partial charge in [-0.15, -0.1) is 0 Å². The van der Waals surface area contributed by atoms with Crippen molar-refractivity contribution in [3.05, 3.63) is 23.9 Å². The second-order valence-electron chi connectivity index (χ2n) is 2.47. The Morgan fingerprint density at radius 3 is 3.00 bits per heavy atom. The lowest BCUT2D eigenvalue weighted by atomic mass is 10.2. The third-order valence-electron chi connectivity index (χ3n) is 1.68. The lowest BCUT2D eigenvalue weighted by Crippen LogP contribution is -1.81. The number of hydrogen-bond acceptors (Lipinski definition) is 4. The fourth-order valence-electron chi connectivity index (χ4n) is 1.09. The van der Waals surface area contributed by atoms with E-state index in [2.05, 4.69) is 5.16 Å². The molecule has 1 heterocycles. The summed E-state index contributed by atoms with van der Waals surface area (Å²) >= 11 is 0. The molecule has 0 atom stereocenters. The maximum atomic E-state index is 9.06. The number of fused-ring (bicyclic) bond motifs is 1. The number of aromatic hydroxyl groups is 1. The summed E-state index contributed by atoms with van der Waals surface area (Å²) in [5.41, 5.74) is 0.976. The predicted molar refractivity (Wildman–Crippen MR) is 41.6 cm³/mol. The third kappa shape index (κ3) is 0.931. The van der Waals surface area contributed by atoms with Gasteiger partial charge in [0, 0.05) is 11.5 Å². The van der Waals surface area contributed by atoms with E-state index in [1.54, 1.807) is 6.07 Å². The number of nitrogens with zero attached hydrogens (tertiary/aromatic N) is 1. The number of aliphatic hydroxyl groups is 1. The molecule has 0 aliphatic carbocycles. The van der Waals surface area contributed by atoms with Crippen LogP contribution in [0.3, 0.4) is 0 Å². The summed E-state index contributed by atoms with van der Waals surface area (Å²) in [6.45, 7) is -0.155. The molecule has 0 unspecified atom stereocenters. The maximum Gasteiger partial charge on any atom is 0.170 e. The van der Waals surface area contributed by atoms with Crippen LogP contribution in [-0.4, -0.2) is 15.4 Å². The fraction of sp³-hybridized carbons (Fsp3) is 0.125. The van der Waals surface area contributed by atoms with E-state index < -0.39 is 0 Å². The molecule has 62 valence electrons. The topological polar surface area (TPSA) is 66.5 Å². The molecule has 2 aromatic rings. The second kappa shape index (κ2) is 2.49. The minimum absolute atomic E-state index is 0.128. The zero-order valence-electron chi connectivity index (χ0n) is 6.19. The van der Waals surface area contributed by atoms with E-state index in [4.69, 9.17) is 14.7 Å². The molecular formula is C8H7NO3. The molecule has 2 N–H and O–H groups in total. The van der Waals surface area contributed by atoms with E-state index in [1.807, 2.05) is 0 Å². The molecule has 1 aromatic carbocycles. The quantitative estimate of drug-likeness (QED) is 0.662. The first-order chi connectivity index (χ1) is 5.81. The number of phenolic OH excluding ortho intramolecular Hbond substituents is 1. The van der Waals surface area contributed by atoms with E-state index in [1.165, 1.54) is 12.1 Å². The predicted octanol–water partition coefficient (Wildman–Crippen LogP) is 1.03. The highest BCUT2D eigenvalue weighted by atomic mass is 16.5. The van der Waals surface area contributed by atoms with Crippen molar-refractivity contribution in [2.45, 2.75) is 6.61 Å². The summed E-state index contributed by atoms with van der Waals surface area (Å²) in [6.07, 6.45) is 0. The number of benzene rings is 1. The highest BCUT2D eigenvalue weighted by Gasteiger charge is 2.06. The normalized spacial score (nSPS) is 10.8. The van der Waals surface area contributed by atoms with Crippen LogP contribution in [0.5, 0.6) is 5.75 Å². The molecule has 0 aliphatic heterocycles. The Labute approximate surface area is 68.0 Å². The van der Waals surface area contributed by atoms with Crippen LogP contribution >= 0.6 is 0 Å². The number of phenols is 1. The Hall–Kier alpha value is -1.55. The van der Waals surface area contributed by atoms with Gasteiger partial charge in [0.2, 0.25) is 0 Å². The SMILES string of the molecule is OCc1noc2cc(O)ccc12. The average Bonchev–Trinajstić information content (AvgIpc) is 2.46. The van der Waals surface area contributed by atoms with Gasteiger partial charge >= 0.3 is 0 Å². The van der Waals surface area contributed by atoms with Crippen molar-refractivity contribution in [3.63, 3.8) is 0 Å². The first-order valence-corrected chi connectivity index (χ1v) is 3.49. The van der Waals surface area contributed by atoms with Gasteiger partial charge in [-0.3, -0.25) is 0 Å². The van der Waals surface area contributed by atoms with Gasteiger partial charge in [-0.2, -0.15) is 0 Å². The van der Waals surface area contributed by atoms with Gasteiger partial charge in [-0.1, -0.05) is 5.16 Å². The van der Waals surface area contributed by atoms with Crippen molar-refractivity contribution in [1.82, 2.24) is 5.16 Å². The number of aliphatic hydroxyl groups excluding tert-OH is 1. The molecule has 0 saturated heterocycles. The zero-order valence-corrected chi connectivity index (χ0v) is 6.19. The van der Waals surface area contributed by atoms with Crippen molar-refractivity contribution >= 4 is 11.0 Å². The fourth-order valence-corrected chi connectivity index (χ4v) is 1.09. The first-order valence-electron chi connectivity index (χ1n) is 3.49. The van der Waals surface area contributed by atoms with Crippen molar-refractivity contribution in [2.24, 2.45) is 0 Å². The maximum absolute atomic E-state index is 9.06. The van der Waals surface area contributed by atoms with Gasteiger partial charge in [0.25, 0.3) is 0 Å². The van der Waals surface area contributed by atoms with E-state index >= 15 is 0 Å². The van der Waals surface area contributed by atoms with Crippen molar-refractivity contribution in [2.75, 3.05) is 0 Å². The molecule has 4 nitrogen and oxygen atoms in total. The number of aromatic nitrogens is 1. The van der Waals surface area contributed by atoms with Crippen LogP contribution in [0.4, 0.5) is 0 Å². The molecular weight excluding hydrogens is 158 g/mol. The number of hydrogen-bond donors (Lipinski definition) is 2. The molecule has 0 fully saturated rings. The Morgan fingerprint density at radius 1 is 1.42 bits per heavy atom. The Morgan fingerprint density at radius 2 is 2.25 bits per heavy atom. The minimum atomic E-state index is -0.155. The van der Waals surface area contributed by atoms with E-state index in [-0.39, 0.29) is 12.4 Å². The molecule has 0 amide bonds. The molecule has 4 heteroatoms. The zero-order chi connectivity index (χ0) is 8.55. The lowest BCUT2D eigenvalue weighted by molar-refractivity contribution is 0.269. The third-order valence-corrected chi connectivity index (χ3v) is 1.68. The summed E-state index contributed by atoms with van der Waals surface area (Å²) in [5, 5.41) is 22.2. The van der Waals surface area contributed by atoms with E-state index in [0.29, 0.717) is 11.3 Å². The van der Waals surface area contributed by atoms with Crippen LogP contribution in [0.2, 0.25) is 0 Å². The van der Waals surface area contributed by atoms with Crippen molar-refractivity contribution in [3.8, 4) is 5.75 Å². The van der Waals surface area contributed by atoms with Crippen molar-refractivity contribution in [1.29, 1.82) is 0 Å². The number of rotatable bonds is 1. The average molecular weight is 165 g/mol. The monoisotopic (exact) mass is 165 g/mol. The van der Waals surface area contributed by atoms with Crippen LogP contribution in [0.25, 0.3) is 11.0 Å². The minimum Gasteiger partial charge on any atom is -0.508 e. The summed E-state index contributed by atoms with van der Waals surface area (Å²) in [6, 6.07) is 4.65. The molecule has 0 radical (unpaired) electrons. The molecule has 0 spiro atoms. The Kier molecular flexibility index (Phi) is 1.48. The highest BCUT2D eigenvalue weighted by Crippen LogP contribution is 2.22. The molecule has 12 heavy (non-hydrogen) atoms. The van der Waals surface area contributed by atoms with Gasteiger partial charge in [0.15, 0.2) is 5.58 Å². The molecule has 0 saturated carbocycles. The van der Waals surface area contributed by atoms with Crippen LogP contribution in [0.15, 0.2) is 22.7 Å². The molecule has 1 aromatic heterocycles. The van der Waals surface area contributed by atoms with Crippen molar-refractivity contribution < 1.29 is 14.7 Å². The van der Waals surface area contributed by atoms with Gasteiger partial charge in [-0.25, -0.2) is 0 Å². The Bertz CT molecular complexity index is 408. The van der Waals surface area contributed by atoms with Crippen LogP contribution < -0.4 is 0 Å². The summed E-state index contributed by atoms with van der Waals surface area (Å²) in [4.78, 5) is 0. The van der Waals surface area contributed by atoms with Gasteiger partial charge in [0.1, 0.15) is 11.4 Å². The highest BCUT2D eigenvalue weighted by molar-refractivity contribution is 5.80. The van der Waals surface area contributed by atoms with Gasteiger partial charge in [-0.05, 0) is 12.1 Å². The summed E-state index contributed by atoms with van der Waals surface area (Å²) < 4.78 is 4.85. The summed E-state index contributed by atoms with van der Waals surface area (Å²) in [5.74, 6) is 0.128. The van der Waals surface area contributed by atoms with Gasteiger partial charge < -0.3 is 14.7 Å². The van der Waals surface area contributed by atoms with Crippen LogP contribution in [0, 0.1) is 0 Å². The summed E-state index contributed by atoms with van der Waals surface area (Å²) in [7, 11) is 0. The molecule has 0 bridgehead atoms. The van der Waals surface area contributed by atoms with Crippen LogP contribution in [-0.2, 0) is 6.61 Å². The van der Waals surface area contributed by atoms with Crippen LogP contribution in [0.1, 0.15) is 5.69 Å². The van der Waals surface area contributed by atoms with E-state index in [9.17, 15) is 0 Å². The largest absolute Gasteiger partial charge is 0.508 e. The second-order valence-corrected chi connectivity index (χ2v) is 2.47. The van der Waals surface area contributed by atoms with Gasteiger partial charge in [0.05, 0.1) is 6.61 Å².